The van der Waals surface area contributed by atoms with Gasteiger partial charge in [0.2, 0.25) is 11.7 Å². The normalized spacial score (nSPS) is 10.7. The fourth-order valence-electron chi connectivity index (χ4n) is 2.97. The van der Waals surface area contributed by atoms with Gasteiger partial charge in [0.05, 0.1) is 12.7 Å². The second-order valence-corrected chi connectivity index (χ2v) is 6.72. The van der Waals surface area contributed by atoms with Gasteiger partial charge < -0.3 is 14.8 Å². The minimum absolute atomic E-state index is 0.240. The summed E-state index contributed by atoms with van der Waals surface area (Å²) in [5, 5.41) is 10.5. The highest BCUT2D eigenvalue weighted by Gasteiger charge is 2.23. The zero-order chi connectivity index (χ0) is 23.5. The first kappa shape index (κ1) is 21.8. The number of aryl methyl sites for hydroxylation is 1. The van der Waals surface area contributed by atoms with Gasteiger partial charge in [-0.25, -0.2) is 13.8 Å². The van der Waals surface area contributed by atoms with Crippen molar-refractivity contribution in [3.8, 4) is 23.2 Å². The number of carbonyl (C=O) groups is 1. The van der Waals surface area contributed by atoms with Gasteiger partial charge in [0.25, 0.3) is 5.91 Å². The smallest absolute Gasteiger partial charge is 0.258 e. The number of hydrogen-bond donors (Lipinski definition) is 1. The molecule has 0 fully saturated rings. The van der Waals surface area contributed by atoms with Gasteiger partial charge in [0, 0.05) is 24.1 Å². The number of aromatic nitrogens is 4. The molecule has 1 amide bonds. The van der Waals surface area contributed by atoms with E-state index in [0.717, 1.165) is 12.9 Å². The van der Waals surface area contributed by atoms with Crippen LogP contribution < -0.4 is 14.8 Å². The molecule has 4 rings (SSSR count). The number of halogens is 3. The quantitative estimate of drug-likeness (QED) is 0.432. The topological polar surface area (TPSA) is 91.2 Å². The Morgan fingerprint density at radius 2 is 1.79 bits per heavy atom. The summed E-state index contributed by atoms with van der Waals surface area (Å²) in [5.74, 6) is -4.19. The van der Waals surface area contributed by atoms with Gasteiger partial charge in [-0.15, -0.1) is 10.2 Å². The van der Waals surface area contributed by atoms with Crippen molar-refractivity contribution in [2.45, 2.75) is 6.92 Å². The Morgan fingerprint density at radius 3 is 2.39 bits per heavy atom. The summed E-state index contributed by atoms with van der Waals surface area (Å²) >= 11 is 0. The summed E-state index contributed by atoms with van der Waals surface area (Å²) in [7, 11) is 0.970. The molecule has 0 saturated carbocycles. The summed E-state index contributed by atoms with van der Waals surface area (Å²) in [6, 6.07) is 9.86. The number of ether oxygens (including phenoxy) is 2. The number of nitrogens with zero attached hydrogens (tertiary/aromatic N) is 4. The Kier molecular flexibility index (Phi) is 5.94. The molecule has 0 spiro atoms. The van der Waals surface area contributed by atoms with Gasteiger partial charge in [0.1, 0.15) is 11.6 Å². The maximum Gasteiger partial charge on any atom is 0.258 e. The van der Waals surface area contributed by atoms with E-state index in [1.54, 1.807) is 29.1 Å². The van der Waals surface area contributed by atoms with Crippen LogP contribution in [0.3, 0.4) is 0 Å². The molecule has 2 heterocycles. The number of rotatable bonds is 6. The van der Waals surface area contributed by atoms with Crippen molar-refractivity contribution in [2.24, 2.45) is 0 Å². The molecule has 33 heavy (non-hydrogen) atoms. The third-order valence-electron chi connectivity index (χ3n) is 4.60. The molecule has 0 aliphatic heterocycles. The van der Waals surface area contributed by atoms with E-state index in [9.17, 15) is 18.0 Å². The van der Waals surface area contributed by atoms with Crippen LogP contribution >= 0.6 is 0 Å². The maximum absolute atomic E-state index is 14.3. The van der Waals surface area contributed by atoms with E-state index in [-0.39, 0.29) is 11.6 Å². The number of carbonyl (C=O) groups excluding carboxylic acids is 1. The Balaban J connectivity index is 1.44. The van der Waals surface area contributed by atoms with Gasteiger partial charge in [-0.05, 0) is 43.3 Å². The summed E-state index contributed by atoms with van der Waals surface area (Å²) < 4.78 is 53.4. The zero-order valence-corrected chi connectivity index (χ0v) is 17.3. The van der Waals surface area contributed by atoms with Crippen molar-refractivity contribution in [1.82, 2.24) is 19.7 Å². The summed E-state index contributed by atoms with van der Waals surface area (Å²) in [6.07, 6.45) is 3.41. The number of anilines is 1. The van der Waals surface area contributed by atoms with E-state index < -0.39 is 34.7 Å². The predicted molar refractivity (Wildman–Crippen MR) is 111 cm³/mol. The van der Waals surface area contributed by atoms with E-state index in [1.165, 1.54) is 24.3 Å². The van der Waals surface area contributed by atoms with Crippen molar-refractivity contribution in [1.29, 1.82) is 0 Å². The molecule has 0 unspecified atom stereocenters. The largest absolute Gasteiger partial charge is 0.491 e. The van der Waals surface area contributed by atoms with Crippen LogP contribution in [0.4, 0.5) is 18.9 Å². The number of nitrogens with one attached hydrogen (secondary N) is 1. The molecule has 0 aliphatic carbocycles. The lowest BCUT2D eigenvalue weighted by atomic mass is 10.1. The van der Waals surface area contributed by atoms with Crippen LogP contribution in [-0.4, -0.2) is 32.8 Å². The minimum atomic E-state index is -1.51. The van der Waals surface area contributed by atoms with Gasteiger partial charge in [-0.2, -0.15) is 4.39 Å². The van der Waals surface area contributed by atoms with E-state index in [0.29, 0.717) is 17.6 Å². The van der Waals surface area contributed by atoms with E-state index in [2.05, 4.69) is 25.2 Å². The molecule has 0 atom stereocenters. The zero-order valence-electron chi connectivity index (χ0n) is 17.3. The molecular formula is C22H16F3N5O3. The van der Waals surface area contributed by atoms with Gasteiger partial charge in [-0.1, -0.05) is 0 Å². The molecule has 0 aliphatic rings. The van der Waals surface area contributed by atoms with Crippen LogP contribution in [0.15, 0.2) is 54.9 Å². The molecule has 168 valence electrons. The lowest BCUT2D eigenvalue weighted by molar-refractivity contribution is 0.102. The summed E-state index contributed by atoms with van der Waals surface area (Å²) in [6.45, 7) is 1.84. The molecular weight excluding hydrogens is 439 g/mol. The van der Waals surface area contributed by atoms with E-state index in [1.807, 2.05) is 6.92 Å². The molecule has 4 aromatic rings. The van der Waals surface area contributed by atoms with Crippen LogP contribution in [0.5, 0.6) is 17.4 Å². The number of hydrogen-bond acceptors (Lipinski definition) is 6. The molecule has 0 bridgehead atoms. The highest BCUT2D eigenvalue weighted by Crippen LogP contribution is 2.28. The van der Waals surface area contributed by atoms with Crippen LogP contribution in [0.2, 0.25) is 0 Å². The molecule has 0 radical (unpaired) electrons. The van der Waals surface area contributed by atoms with Gasteiger partial charge >= 0.3 is 0 Å². The fraction of sp³-hybridized carbons (Fsp3) is 0.0909. The van der Waals surface area contributed by atoms with Gasteiger partial charge in [0.15, 0.2) is 23.2 Å². The average molecular weight is 455 g/mol. The Morgan fingerprint density at radius 1 is 1.03 bits per heavy atom. The first-order chi connectivity index (χ1) is 15.9. The molecule has 0 saturated heterocycles. The van der Waals surface area contributed by atoms with E-state index in [4.69, 9.17) is 4.74 Å². The number of amides is 1. The van der Waals surface area contributed by atoms with Crippen LogP contribution in [0.1, 0.15) is 16.2 Å². The first-order valence-corrected chi connectivity index (χ1v) is 9.52. The Hall–Kier alpha value is -4.41. The predicted octanol–water partition coefficient (Wildman–Crippen LogP) is 4.44. The molecule has 8 nitrogen and oxygen atoms in total. The third kappa shape index (κ3) is 4.47. The monoisotopic (exact) mass is 455 g/mol. The lowest BCUT2D eigenvalue weighted by Crippen LogP contribution is -2.15. The number of methoxy groups -OCH3 is 1. The standard InChI is InChI=1S/C22H16F3N5O3/c1-12-26-9-10-30(12)17-7-8-18(29-28-17)33-14-5-3-13(4-6-14)27-22(31)15-11-16(23)20(25)21(32-2)19(15)24/h3-11H,1-2H3,(H,27,31). The lowest BCUT2D eigenvalue weighted by Gasteiger charge is -2.11. The molecule has 11 heteroatoms. The highest BCUT2D eigenvalue weighted by atomic mass is 19.2. The van der Waals surface area contributed by atoms with Crippen molar-refractivity contribution in [2.75, 3.05) is 12.4 Å². The van der Waals surface area contributed by atoms with E-state index >= 15 is 0 Å². The average Bonchev–Trinajstić information content (AvgIpc) is 3.24. The second-order valence-electron chi connectivity index (χ2n) is 6.72. The van der Waals surface area contributed by atoms with Crippen molar-refractivity contribution in [3.05, 3.63) is 83.7 Å². The van der Waals surface area contributed by atoms with Crippen molar-refractivity contribution in [3.63, 3.8) is 0 Å². The van der Waals surface area contributed by atoms with Gasteiger partial charge in [-0.3, -0.25) is 9.36 Å². The third-order valence-corrected chi connectivity index (χ3v) is 4.60. The van der Waals surface area contributed by atoms with Crippen molar-refractivity contribution < 1.29 is 27.4 Å². The maximum atomic E-state index is 14.3. The second kappa shape index (κ2) is 8.99. The molecule has 1 N–H and O–H groups in total. The van der Waals surface area contributed by atoms with Crippen LogP contribution in [0.25, 0.3) is 5.82 Å². The Bertz CT molecular complexity index is 1310. The molecule has 2 aromatic carbocycles. The highest BCUT2D eigenvalue weighted by molar-refractivity contribution is 6.04. The van der Waals surface area contributed by atoms with Crippen LogP contribution in [0, 0.1) is 24.4 Å². The fourth-order valence-corrected chi connectivity index (χ4v) is 2.97. The van der Waals surface area contributed by atoms with Crippen molar-refractivity contribution >= 4 is 11.6 Å². The first-order valence-electron chi connectivity index (χ1n) is 9.52. The number of imidazole rings is 1. The Labute approximate surface area is 185 Å². The minimum Gasteiger partial charge on any atom is -0.491 e. The number of benzene rings is 2. The summed E-state index contributed by atoms with van der Waals surface area (Å²) in [5.41, 5.74) is -0.429. The molecule has 2 aromatic heterocycles. The SMILES string of the molecule is COc1c(F)c(F)cc(C(=O)Nc2ccc(Oc3ccc(-n4ccnc4C)nn3)cc2)c1F. The van der Waals surface area contributed by atoms with Crippen LogP contribution in [-0.2, 0) is 0 Å². The summed E-state index contributed by atoms with van der Waals surface area (Å²) in [4.78, 5) is 16.5.